The number of nitrogens with zero attached hydrogens (tertiary/aromatic N) is 1. The standard InChI is InChI=1S/C16H26N2/c1-2-16-15(10-11-17)9-6-12-18(16)13-14-7-4-3-5-8-14/h3-5,7-8,15-16H,2,6,9-13,17H2,1H3. The van der Waals surface area contributed by atoms with E-state index in [0.29, 0.717) is 0 Å². The Morgan fingerprint density at radius 2 is 2.06 bits per heavy atom. The summed E-state index contributed by atoms with van der Waals surface area (Å²) >= 11 is 0. The first-order valence-corrected chi connectivity index (χ1v) is 7.33. The lowest BCUT2D eigenvalue weighted by molar-refractivity contribution is 0.0787. The number of hydrogen-bond donors (Lipinski definition) is 1. The fourth-order valence-electron chi connectivity index (χ4n) is 3.37. The minimum Gasteiger partial charge on any atom is -0.330 e. The first-order valence-electron chi connectivity index (χ1n) is 7.33. The van der Waals surface area contributed by atoms with Crippen LogP contribution >= 0.6 is 0 Å². The molecule has 1 aliphatic rings. The molecule has 0 aromatic heterocycles. The van der Waals surface area contributed by atoms with Crippen LogP contribution < -0.4 is 5.73 Å². The molecular weight excluding hydrogens is 220 g/mol. The molecule has 18 heavy (non-hydrogen) atoms. The molecule has 2 heteroatoms. The normalized spacial score (nSPS) is 25.2. The van der Waals surface area contributed by atoms with Gasteiger partial charge in [-0.05, 0) is 50.3 Å². The van der Waals surface area contributed by atoms with Crippen molar-refractivity contribution in [1.29, 1.82) is 0 Å². The molecule has 0 aliphatic carbocycles. The molecule has 0 amide bonds. The van der Waals surface area contributed by atoms with Gasteiger partial charge in [-0.25, -0.2) is 0 Å². The molecule has 1 fully saturated rings. The molecule has 100 valence electrons. The van der Waals surface area contributed by atoms with Gasteiger partial charge in [-0.2, -0.15) is 0 Å². The minimum atomic E-state index is 0.725. The molecule has 1 aromatic carbocycles. The van der Waals surface area contributed by atoms with Gasteiger partial charge in [-0.15, -0.1) is 0 Å². The molecule has 0 radical (unpaired) electrons. The summed E-state index contributed by atoms with van der Waals surface area (Å²) in [5, 5.41) is 0. The lowest BCUT2D eigenvalue weighted by atomic mass is 9.85. The minimum absolute atomic E-state index is 0.725. The maximum absolute atomic E-state index is 5.76. The van der Waals surface area contributed by atoms with Crippen molar-refractivity contribution in [2.45, 2.75) is 45.2 Å². The predicted octanol–water partition coefficient (Wildman–Crippen LogP) is 3.03. The molecule has 2 nitrogen and oxygen atoms in total. The summed E-state index contributed by atoms with van der Waals surface area (Å²) in [5.74, 6) is 0.803. The Morgan fingerprint density at radius 3 is 2.72 bits per heavy atom. The predicted molar refractivity (Wildman–Crippen MR) is 77.3 cm³/mol. The molecule has 2 atom stereocenters. The molecule has 0 spiro atoms. The number of rotatable bonds is 5. The van der Waals surface area contributed by atoms with E-state index >= 15 is 0 Å². The van der Waals surface area contributed by atoms with E-state index in [-0.39, 0.29) is 0 Å². The van der Waals surface area contributed by atoms with Crippen LogP contribution in [0.4, 0.5) is 0 Å². The van der Waals surface area contributed by atoms with Crippen molar-refractivity contribution in [2.24, 2.45) is 11.7 Å². The van der Waals surface area contributed by atoms with Gasteiger partial charge >= 0.3 is 0 Å². The van der Waals surface area contributed by atoms with Crippen molar-refractivity contribution in [3.8, 4) is 0 Å². The van der Waals surface area contributed by atoms with E-state index in [0.717, 1.165) is 25.0 Å². The van der Waals surface area contributed by atoms with Crippen LogP contribution in [0.3, 0.4) is 0 Å². The van der Waals surface area contributed by atoms with Crippen LogP contribution in [0.5, 0.6) is 0 Å². The quantitative estimate of drug-likeness (QED) is 0.865. The summed E-state index contributed by atoms with van der Waals surface area (Å²) in [7, 11) is 0. The zero-order valence-corrected chi connectivity index (χ0v) is 11.5. The van der Waals surface area contributed by atoms with Crippen LogP contribution in [0.2, 0.25) is 0 Å². The van der Waals surface area contributed by atoms with Crippen molar-refractivity contribution in [2.75, 3.05) is 13.1 Å². The lowest BCUT2D eigenvalue weighted by Gasteiger charge is -2.41. The average Bonchev–Trinajstić information content (AvgIpc) is 2.41. The molecule has 1 saturated heterocycles. The molecule has 1 aliphatic heterocycles. The number of nitrogens with two attached hydrogens (primary N) is 1. The summed E-state index contributed by atoms with van der Waals surface area (Å²) in [6.07, 6.45) is 5.12. The Balaban J connectivity index is 2.01. The SMILES string of the molecule is CCC1C(CCN)CCCN1Cc1ccccc1. The summed E-state index contributed by atoms with van der Waals surface area (Å²) in [4.78, 5) is 2.67. The van der Waals surface area contributed by atoms with Gasteiger partial charge in [-0.3, -0.25) is 4.90 Å². The fraction of sp³-hybridized carbons (Fsp3) is 0.625. The second kappa shape index (κ2) is 6.91. The van der Waals surface area contributed by atoms with Crippen LogP contribution in [0, 0.1) is 5.92 Å². The first kappa shape index (κ1) is 13.6. The van der Waals surface area contributed by atoms with Gasteiger partial charge in [-0.1, -0.05) is 37.3 Å². The molecular formula is C16H26N2. The average molecular weight is 246 g/mol. The van der Waals surface area contributed by atoms with Crippen LogP contribution in [0.1, 0.15) is 38.2 Å². The van der Waals surface area contributed by atoms with Gasteiger partial charge in [0.25, 0.3) is 0 Å². The van der Waals surface area contributed by atoms with Crippen LogP contribution in [-0.4, -0.2) is 24.0 Å². The van der Waals surface area contributed by atoms with Crippen LogP contribution in [0.25, 0.3) is 0 Å². The molecule has 2 rings (SSSR count). The highest BCUT2D eigenvalue weighted by molar-refractivity contribution is 5.14. The van der Waals surface area contributed by atoms with E-state index in [2.05, 4.69) is 42.2 Å². The Kier molecular flexibility index (Phi) is 5.21. The Hall–Kier alpha value is -0.860. The molecule has 0 bridgehead atoms. The van der Waals surface area contributed by atoms with Gasteiger partial charge in [0.15, 0.2) is 0 Å². The lowest BCUT2D eigenvalue weighted by Crippen LogP contribution is -2.44. The third-order valence-corrected chi connectivity index (χ3v) is 4.22. The Labute approximate surface area is 111 Å². The summed E-state index contributed by atoms with van der Waals surface area (Å²) in [6, 6.07) is 11.6. The van der Waals surface area contributed by atoms with Crippen LogP contribution in [-0.2, 0) is 6.54 Å². The van der Waals surface area contributed by atoms with E-state index < -0.39 is 0 Å². The number of piperidine rings is 1. The number of likely N-dealkylation sites (tertiary alicyclic amines) is 1. The molecule has 2 unspecified atom stereocenters. The topological polar surface area (TPSA) is 29.3 Å². The van der Waals surface area contributed by atoms with Gasteiger partial charge in [0, 0.05) is 12.6 Å². The maximum Gasteiger partial charge on any atom is 0.0236 e. The Bertz CT molecular complexity index is 334. The van der Waals surface area contributed by atoms with E-state index in [9.17, 15) is 0 Å². The largest absolute Gasteiger partial charge is 0.330 e. The third-order valence-electron chi connectivity index (χ3n) is 4.22. The summed E-state index contributed by atoms with van der Waals surface area (Å²) in [6.45, 7) is 5.49. The van der Waals surface area contributed by atoms with Crippen LogP contribution in [0.15, 0.2) is 30.3 Å². The van der Waals surface area contributed by atoms with Gasteiger partial charge in [0.1, 0.15) is 0 Å². The molecule has 2 N–H and O–H groups in total. The van der Waals surface area contributed by atoms with Crippen molar-refractivity contribution in [1.82, 2.24) is 4.90 Å². The Morgan fingerprint density at radius 1 is 1.28 bits per heavy atom. The van der Waals surface area contributed by atoms with E-state index in [1.807, 2.05) is 0 Å². The molecule has 0 saturated carbocycles. The highest BCUT2D eigenvalue weighted by atomic mass is 15.2. The fourth-order valence-corrected chi connectivity index (χ4v) is 3.37. The van der Waals surface area contributed by atoms with Crippen molar-refractivity contribution >= 4 is 0 Å². The highest BCUT2D eigenvalue weighted by Gasteiger charge is 2.29. The zero-order chi connectivity index (χ0) is 12.8. The molecule has 1 heterocycles. The highest BCUT2D eigenvalue weighted by Crippen LogP contribution is 2.29. The number of hydrogen-bond acceptors (Lipinski definition) is 2. The maximum atomic E-state index is 5.76. The van der Waals surface area contributed by atoms with E-state index in [4.69, 9.17) is 5.73 Å². The first-order chi connectivity index (χ1) is 8.85. The monoisotopic (exact) mass is 246 g/mol. The van der Waals surface area contributed by atoms with Gasteiger partial charge in [0.05, 0.1) is 0 Å². The van der Waals surface area contributed by atoms with Gasteiger partial charge in [0.2, 0.25) is 0 Å². The summed E-state index contributed by atoms with van der Waals surface area (Å²) < 4.78 is 0. The van der Waals surface area contributed by atoms with E-state index in [1.165, 1.54) is 37.8 Å². The second-order valence-corrected chi connectivity index (χ2v) is 5.41. The second-order valence-electron chi connectivity index (χ2n) is 5.41. The smallest absolute Gasteiger partial charge is 0.0236 e. The summed E-state index contributed by atoms with van der Waals surface area (Å²) in [5.41, 5.74) is 7.19. The zero-order valence-electron chi connectivity index (χ0n) is 11.5. The molecule has 1 aromatic rings. The number of benzene rings is 1. The van der Waals surface area contributed by atoms with Crippen molar-refractivity contribution in [3.05, 3.63) is 35.9 Å². The van der Waals surface area contributed by atoms with Crippen molar-refractivity contribution in [3.63, 3.8) is 0 Å². The van der Waals surface area contributed by atoms with E-state index in [1.54, 1.807) is 0 Å². The van der Waals surface area contributed by atoms with Gasteiger partial charge < -0.3 is 5.73 Å². The van der Waals surface area contributed by atoms with Crippen molar-refractivity contribution < 1.29 is 0 Å². The third kappa shape index (κ3) is 3.33.